The van der Waals surface area contributed by atoms with E-state index >= 15 is 0 Å². The number of ether oxygens (including phenoxy) is 1. The summed E-state index contributed by atoms with van der Waals surface area (Å²) in [6.07, 6.45) is 9.27. The number of H-pyrrole nitrogens is 1. The van der Waals surface area contributed by atoms with Crippen molar-refractivity contribution in [2.45, 2.75) is 133 Å². The number of rotatable bonds is 11. The molecule has 12 N–H and O–H groups in total. The highest BCUT2D eigenvalue weighted by Gasteiger charge is 2.47. The highest BCUT2D eigenvalue weighted by Crippen LogP contribution is 2.53. The van der Waals surface area contributed by atoms with Crippen LogP contribution in [0.3, 0.4) is 0 Å². The van der Waals surface area contributed by atoms with Crippen molar-refractivity contribution in [2.24, 2.45) is 46.7 Å². The molecule has 0 radical (unpaired) electrons. The number of allylic oxidation sites excluding steroid dienone is 3. The summed E-state index contributed by atoms with van der Waals surface area (Å²) >= 11 is 0. The molecule has 14 heteroatoms. The first-order valence-corrected chi connectivity index (χ1v) is 29.2. The minimum absolute atomic E-state index is 0.0137. The Morgan fingerprint density at radius 2 is 1.79 bits per heavy atom. The summed E-state index contributed by atoms with van der Waals surface area (Å²) in [6, 6.07) is 18.3. The lowest BCUT2D eigenvalue weighted by Gasteiger charge is -2.46. The third-order valence-electron chi connectivity index (χ3n) is 17.3. The molecule has 9 rings (SSSR count). The quantitative estimate of drug-likeness (QED) is 0.0541. The normalized spacial score (nSPS) is 34.7. The highest BCUT2D eigenvalue weighted by molar-refractivity contribution is 8.76. The van der Waals surface area contributed by atoms with E-state index < -0.39 is 53.7 Å². The summed E-state index contributed by atoms with van der Waals surface area (Å²) in [5.74, 6) is 8.02. The maximum atomic E-state index is 12.6. The van der Waals surface area contributed by atoms with Gasteiger partial charge in [0.25, 0.3) is 0 Å². The lowest BCUT2D eigenvalue weighted by atomic mass is 9.59. The highest BCUT2D eigenvalue weighted by atomic mass is 33.1. The first kappa shape index (κ1) is 53.0. The van der Waals surface area contributed by atoms with Crippen molar-refractivity contribution >= 4 is 21.6 Å². The van der Waals surface area contributed by atoms with Crippen LogP contribution < -0.4 is 21.1 Å². The molecule has 1 saturated heterocycles. The lowest BCUT2D eigenvalue weighted by Crippen LogP contribution is -2.46. The molecule has 15 atom stereocenters. The van der Waals surface area contributed by atoms with Gasteiger partial charge in [-0.15, -0.1) is 0 Å². The lowest BCUT2D eigenvalue weighted by molar-refractivity contribution is -0.0214. The van der Waals surface area contributed by atoms with Crippen molar-refractivity contribution < 1.29 is 40.5 Å². The number of nitrogens with two attached hydrogens (primary N) is 1. The van der Waals surface area contributed by atoms with Gasteiger partial charge in [0.15, 0.2) is 11.5 Å². The van der Waals surface area contributed by atoms with Crippen LogP contribution in [0.5, 0.6) is 11.5 Å². The maximum absolute atomic E-state index is 12.6. The molecule has 0 bridgehead atoms. The summed E-state index contributed by atoms with van der Waals surface area (Å²) < 4.78 is 6.94. The Kier molecular flexibility index (Phi) is 17.5. The van der Waals surface area contributed by atoms with Crippen molar-refractivity contribution in [3.05, 3.63) is 118 Å². The van der Waals surface area contributed by atoms with Gasteiger partial charge < -0.3 is 61.8 Å². The molecule has 12 nitrogen and oxygen atoms in total. The van der Waals surface area contributed by atoms with E-state index in [4.69, 9.17) is 10.5 Å². The van der Waals surface area contributed by atoms with Crippen LogP contribution in [-0.4, -0.2) is 115 Å². The van der Waals surface area contributed by atoms with Crippen molar-refractivity contribution in [3.8, 4) is 23.3 Å². The van der Waals surface area contributed by atoms with Gasteiger partial charge in [-0.2, -0.15) is 0 Å². The fourth-order valence-electron chi connectivity index (χ4n) is 13.3. The summed E-state index contributed by atoms with van der Waals surface area (Å²) in [7, 11) is 3.25. The van der Waals surface area contributed by atoms with Gasteiger partial charge >= 0.3 is 0 Å². The molecule has 1 saturated carbocycles. The second-order valence-electron chi connectivity index (χ2n) is 21.9. The number of aliphatic hydroxyl groups is 6. The topological polar surface area (TPSA) is 217 Å². The van der Waals surface area contributed by atoms with Gasteiger partial charge in [0.2, 0.25) is 0 Å². The van der Waals surface area contributed by atoms with E-state index in [-0.39, 0.29) is 60.3 Å². The fraction of sp³-hybridized carbons (Fsp3) is 0.586. The number of nitrogens with one attached hydrogen (secondary N) is 3. The Hall–Kier alpha value is -3.88. The molecule has 2 aromatic carbocycles. The predicted molar refractivity (Wildman–Crippen MR) is 287 cm³/mol. The molecule has 3 aromatic rings. The largest absolute Gasteiger partial charge is 0.504 e. The SMILES string of the molecule is CC[C@@H]1Cc2cc(O)c(O[C@H]3C[C@@H](Cc4ccc[nH]4)C4=CCNC(N)=C4CSSC[C@H](CO)[C@@H]3O)cc2[C@H]2C[C@@H](O)[C@@H]3[C@@H](C#C[C@]4(C[C@@H](NC[C@H](C)O)CC[C@@H]3O)C[C@@H](c3ccccc3)CC[C@@H]4CO)C=C12. The molecule has 2 fully saturated rings. The van der Waals surface area contributed by atoms with E-state index in [1.54, 1.807) is 34.6 Å². The number of aromatic nitrogens is 1. The standard InChI is InChI=1S/C58H78N4O8S2/c1-3-35-20-39-23-51(67)53(70-54-24-40(21-43-10-7-18-60-43)45-16-19-61-57(59)49(45)33-72-71-32-41(30-63)56(54)69)26-47(39)48-25-52(68)55-37(22-46(35)48)15-17-58(28-44(13-14-50(55)66)62-29-34(2)65)27-38(11-12-42(58)31-64)36-8-5-4-6-9-36/h4-10,16,18,22-23,26,34-35,37-38,40-42,44,48,50,52,54-56,60-69H,3,11-14,19-21,24-25,27-33,59H2,1-2H3/t34-,35+,37-,38-,40+,41-,42+,44-,48-,50-,52+,54-,55+,56-,58+/m0/s1. The Balaban J connectivity index is 1.10. The van der Waals surface area contributed by atoms with Gasteiger partial charge in [0.1, 0.15) is 11.9 Å². The predicted octanol–water partition coefficient (Wildman–Crippen LogP) is 6.82. The van der Waals surface area contributed by atoms with Crippen molar-refractivity contribution in [3.63, 3.8) is 0 Å². The second kappa shape index (κ2) is 23.8. The number of aliphatic hydroxyl groups excluding tert-OH is 6. The number of hydrogen-bond donors (Lipinski definition) is 11. The van der Waals surface area contributed by atoms with E-state index in [0.29, 0.717) is 75.4 Å². The molecule has 4 aliphatic carbocycles. The van der Waals surface area contributed by atoms with E-state index in [9.17, 15) is 35.7 Å². The number of aromatic hydroxyl groups is 1. The molecule has 0 unspecified atom stereocenters. The number of phenolic OH excluding ortho intramolecular Hbond substituents is 1. The van der Waals surface area contributed by atoms with Crippen LogP contribution in [0, 0.1) is 52.8 Å². The average Bonchev–Trinajstić information content (AvgIpc) is 3.84. The van der Waals surface area contributed by atoms with Crippen LogP contribution in [0.15, 0.2) is 95.5 Å². The third kappa shape index (κ3) is 11.7. The minimum atomic E-state index is -1.07. The summed E-state index contributed by atoms with van der Waals surface area (Å²) in [5.41, 5.74) is 13.6. The van der Waals surface area contributed by atoms with Gasteiger partial charge in [-0.3, -0.25) is 0 Å². The zero-order valence-corrected chi connectivity index (χ0v) is 43.6. The molecule has 3 heterocycles. The molecule has 390 valence electrons. The minimum Gasteiger partial charge on any atom is -0.504 e. The Morgan fingerprint density at radius 3 is 2.54 bits per heavy atom. The monoisotopic (exact) mass is 1020 g/mol. The summed E-state index contributed by atoms with van der Waals surface area (Å²) in [6.45, 7) is 4.70. The summed E-state index contributed by atoms with van der Waals surface area (Å²) in [4.78, 5) is 3.37. The van der Waals surface area contributed by atoms with Crippen molar-refractivity contribution in [1.29, 1.82) is 0 Å². The summed E-state index contributed by atoms with van der Waals surface area (Å²) in [5, 5.41) is 88.3. The number of aromatic amines is 1. The van der Waals surface area contributed by atoms with E-state index in [2.05, 4.69) is 76.9 Å². The Bertz CT molecular complexity index is 2460. The van der Waals surface area contributed by atoms with Gasteiger partial charge in [0.05, 0.1) is 24.4 Å². The van der Waals surface area contributed by atoms with Crippen molar-refractivity contribution in [1.82, 2.24) is 15.6 Å². The van der Waals surface area contributed by atoms with Gasteiger partial charge in [-0.05, 0) is 148 Å². The third-order valence-corrected chi connectivity index (χ3v) is 19.7. The number of fused-ring (bicyclic) bond motifs is 5. The average molecular weight is 1020 g/mol. The molecule has 0 amide bonds. The van der Waals surface area contributed by atoms with Crippen LogP contribution in [0.4, 0.5) is 0 Å². The number of dihydropyridines is 1. The molecule has 2 aliphatic heterocycles. The molecule has 1 spiro atoms. The van der Waals surface area contributed by atoms with E-state index in [1.165, 1.54) is 11.1 Å². The zero-order valence-electron chi connectivity index (χ0n) is 42.0. The first-order chi connectivity index (χ1) is 34.9. The molecular weight excluding hydrogens is 945 g/mol. The molecule has 6 aliphatic rings. The fourth-order valence-corrected chi connectivity index (χ4v) is 15.8. The van der Waals surface area contributed by atoms with Gasteiger partial charge in [0, 0.05) is 90.4 Å². The Morgan fingerprint density at radius 1 is 0.958 bits per heavy atom. The molecule has 1 aromatic heterocycles. The molecule has 72 heavy (non-hydrogen) atoms. The number of benzene rings is 2. The number of phenols is 1. The van der Waals surface area contributed by atoms with Crippen molar-refractivity contribution in [2.75, 3.05) is 37.8 Å². The molecular formula is C58H78N4O8S2. The number of hydrogen-bond acceptors (Lipinski definition) is 13. The van der Waals surface area contributed by atoms with Gasteiger partial charge in [-0.1, -0.05) is 88.4 Å². The van der Waals surface area contributed by atoms with Crippen LogP contribution >= 0.6 is 21.6 Å². The zero-order chi connectivity index (χ0) is 50.5. The van der Waals surface area contributed by atoms with E-state index in [0.717, 1.165) is 53.7 Å². The second-order valence-corrected chi connectivity index (χ2v) is 24.4. The Labute approximate surface area is 434 Å². The van der Waals surface area contributed by atoms with Gasteiger partial charge in [-0.25, -0.2) is 0 Å². The first-order valence-electron chi connectivity index (χ1n) is 26.7. The van der Waals surface area contributed by atoms with Crippen LogP contribution in [0.1, 0.15) is 106 Å². The van der Waals surface area contributed by atoms with E-state index in [1.807, 2.05) is 24.4 Å². The van der Waals surface area contributed by atoms with Crippen LogP contribution in [-0.2, 0) is 12.8 Å². The van der Waals surface area contributed by atoms with Crippen LogP contribution in [0.2, 0.25) is 0 Å². The maximum Gasteiger partial charge on any atom is 0.161 e. The smallest absolute Gasteiger partial charge is 0.161 e. The van der Waals surface area contributed by atoms with Crippen LogP contribution in [0.25, 0.3) is 0 Å².